The average Bonchev–Trinajstić information content (AvgIpc) is 3.56. The fourth-order valence-corrected chi connectivity index (χ4v) is 5.30. The zero-order valence-electron chi connectivity index (χ0n) is 19.1. The van der Waals surface area contributed by atoms with E-state index in [4.69, 9.17) is 28.4 Å². The second-order valence-electron chi connectivity index (χ2n) is 9.18. The molecule has 2 saturated heterocycles. The van der Waals surface area contributed by atoms with Crippen LogP contribution in [0.5, 0.6) is 11.5 Å². The van der Waals surface area contributed by atoms with Crippen LogP contribution in [0.25, 0.3) is 0 Å². The van der Waals surface area contributed by atoms with Crippen molar-refractivity contribution in [3.63, 3.8) is 0 Å². The Hall–Kier alpha value is -2.49. The van der Waals surface area contributed by atoms with Gasteiger partial charge in [0.05, 0.1) is 38.1 Å². The van der Waals surface area contributed by atoms with Gasteiger partial charge in [-0.3, -0.25) is 0 Å². The number of methoxy groups -OCH3 is 1. The number of esters is 1. The smallest absolute Gasteiger partial charge is 0.338 e. The largest absolute Gasteiger partial charge is 0.504 e. The van der Waals surface area contributed by atoms with Crippen LogP contribution in [0, 0.1) is 11.8 Å². The summed E-state index contributed by atoms with van der Waals surface area (Å²) >= 11 is 0. The maximum Gasteiger partial charge on any atom is 0.338 e. The van der Waals surface area contributed by atoms with Crippen molar-refractivity contribution in [3.8, 4) is 11.5 Å². The van der Waals surface area contributed by atoms with Gasteiger partial charge >= 0.3 is 5.97 Å². The highest BCUT2D eigenvalue weighted by molar-refractivity contribution is 5.90. The third-order valence-corrected chi connectivity index (χ3v) is 7.26. The van der Waals surface area contributed by atoms with Crippen LogP contribution in [0.2, 0.25) is 0 Å². The van der Waals surface area contributed by atoms with Crippen LogP contribution in [0.15, 0.2) is 30.5 Å². The summed E-state index contributed by atoms with van der Waals surface area (Å²) in [6.45, 7) is -1.07. The summed E-state index contributed by atoms with van der Waals surface area (Å²) in [6.07, 6.45) is -7.22. The van der Waals surface area contributed by atoms with Crippen LogP contribution in [0.1, 0.15) is 10.4 Å². The van der Waals surface area contributed by atoms with Gasteiger partial charge in [0.2, 0.25) is 6.29 Å². The van der Waals surface area contributed by atoms with E-state index in [1.54, 1.807) is 6.08 Å². The maximum atomic E-state index is 12.9. The second kappa shape index (κ2) is 9.43. The number of benzene rings is 1. The number of hydrogen-bond donors (Lipinski definition) is 6. The third kappa shape index (κ3) is 3.92. The highest BCUT2D eigenvalue weighted by atomic mass is 16.8. The molecule has 1 unspecified atom stereocenters. The van der Waals surface area contributed by atoms with E-state index in [2.05, 4.69) is 0 Å². The molecule has 0 spiro atoms. The first kappa shape index (κ1) is 25.2. The summed E-state index contributed by atoms with van der Waals surface area (Å²) in [7, 11) is 1.38. The molecule has 3 heterocycles. The van der Waals surface area contributed by atoms with Gasteiger partial charge in [-0.1, -0.05) is 0 Å². The molecule has 36 heavy (non-hydrogen) atoms. The predicted molar refractivity (Wildman–Crippen MR) is 114 cm³/mol. The Morgan fingerprint density at radius 2 is 1.89 bits per heavy atom. The molecule has 1 aliphatic carbocycles. The van der Waals surface area contributed by atoms with Crippen LogP contribution in [-0.4, -0.2) is 112 Å². The third-order valence-electron chi connectivity index (χ3n) is 7.26. The van der Waals surface area contributed by atoms with Gasteiger partial charge in [-0.2, -0.15) is 0 Å². The number of rotatable bonds is 7. The molecule has 0 bridgehead atoms. The first-order valence-corrected chi connectivity index (χ1v) is 11.4. The van der Waals surface area contributed by atoms with Crippen molar-refractivity contribution in [2.24, 2.45) is 11.8 Å². The predicted octanol–water partition coefficient (Wildman–Crippen LogP) is -2.01. The molecule has 0 amide bonds. The molecule has 3 aliphatic heterocycles. The molecule has 0 radical (unpaired) electrons. The molecule has 3 fully saturated rings. The van der Waals surface area contributed by atoms with Crippen molar-refractivity contribution in [1.29, 1.82) is 0 Å². The molecule has 1 aromatic rings. The van der Waals surface area contributed by atoms with Crippen molar-refractivity contribution in [2.75, 3.05) is 20.3 Å². The Kier molecular flexibility index (Phi) is 6.59. The van der Waals surface area contributed by atoms with E-state index < -0.39 is 85.8 Å². The lowest BCUT2D eigenvalue weighted by Gasteiger charge is -2.43. The Bertz CT molecular complexity index is 1010. The number of carbonyl (C=O) groups is 1. The monoisotopic (exact) mass is 512 g/mol. The number of epoxide rings is 1. The number of hydrogen-bond acceptors (Lipinski definition) is 13. The lowest BCUT2D eigenvalue weighted by molar-refractivity contribution is -0.344. The van der Waals surface area contributed by atoms with Crippen LogP contribution in [0.3, 0.4) is 0 Å². The van der Waals surface area contributed by atoms with Crippen molar-refractivity contribution in [2.45, 2.75) is 54.8 Å². The molecule has 198 valence electrons. The normalized spacial score (nSPS) is 42.7. The number of aromatic hydroxyl groups is 1. The topological polar surface area (TPSA) is 197 Å². The Balaban J connectivity index is 1.34. The van der Waals surface area contributed by atoms with Gasteiger partial charge in [-0.15, -0.1) is 0 Å². The van der Waals surface area contributed by atoms with E-state index in [0.29, 0.717) is 0 Å². The van der Waals surface area contributed by atoms with E-state index in [9.17, 15) is 35.4 Å². The van der Waals surface area contributed by atoms with E-state index in [0.717, 1.165) is 0 Å². The number of phenolic OH excluding ortho intramolecular Hbond substituents is 1. The summed E-state index contributed by atoms with van der Waals surface area (Å²) in [6, 6.07) is 4.07. The number of aliphatic hydroxyl groups is 5. The zero-order valence-corrected chi connectivity index (χ0v) is 19.1. The standard InChI is InChI=1S/C23H28O13/c1-31-12-3-2-9(6-11(12)26)20(30)34-18-10-4-5-32-21(14(10)23(8-25)19(18)36-23)35-22-17(29)16(28)15(27)13(7-24)33-22/h2-6,10,13-19,21-22,24-29H,7-8H2,1H3/t10-,13-,14?,15-,16+,17-,18+,19+,21-,22+,23-/m1/s1. The molecule has 0 aromatic heterocycles. The minimum atomic E-state index is -1.66. The lowest BCUT2D eigenvalue weighted by Crippen LogP contribution is -2.60. The molecular weight excluding hydrogens is 484 g/mol. The van der Waals surface area contributed by atoms with Gasteiger partial charge < -0.3 is 59.1 Å². The van der Waals surface area contributed by atoms with E-state index >= 15 is 0 Å². The van der Waals surface area contributed by atoms with Crippen LogP contribution in [0.4, 0.5) is 0 Å². The van der Waals surface area contributed by atoms with Crippen molar-refractivity contribution in [3.05, 3.63) is 36.1 Å². The minimum absolute atomic E-state index is 0.0807. The number of fused-ring (bicyclic) bond motifs is 3. The first-order valence-electron chi connectivity index (χ1n) is 11.4. The second-order valence-corrected chi connectivity index (χ2v) is 9.18. The van der Waals surface area contributed by atoms with Gasteiger partial charge in [0.25, 0.3) is 0 Å². The zero-order chi connectivity index (χ0) is 25.8. The Morgan fingerprint density at radius 3 is 2.56 bits per heavy atom. The molecule has 6 N–H and O–H groups in total. The highest BCUT2D eigenvalue weighted by Crippen LogP contribution is 2.60. The molecule has 4 aliphatic rings. The average molecular weight is 512 g/mol. The molecule has 11 atom stereocenters. The molecule has 1 aromatic carbocycles. The highest BCUT2D eigenvalue weighted by Gasteiger charge is 2.77. The van der Waals surface area contributed by atoms with Gasteiger partial charge in [-0.05, 0) is 24.3 Å². The molecular formula is C23H28O13. The fraction of sp³-hybridized carbons (Fsp3) is 0.609. The summed E-state index contributed by atoms with van der Waals surface area (Å²) in [5.74, 6) is -1.99. The number of ether oxygens (including phenoxy) is 6. The van der Waals surface area contributed by atoms with Crippen LogP contribution >= 0.6 is 0 Å². The lowest BCUT2D eigenvalue weighted by atomic mass is 9.85. The fourth-order valence-electron chi connectivity index (χ4n) is 5.30. The molecule has 1 saturated carbocycles. The summed E-state index contributed by atoms with van der Waals surface area (Å²) in [4.78, 5) is 12.9. The SMILES string of the molecule is COc1ccc(C(=O)O[C@H]2[C@@H]3C=CO[C@H](O[C@@H]4O[C@H](CO)[C@@H](O)[C@H](O)[C@H]4O)C3[C@@]3(CO)O[C@@H]23)cc1O. The Labute approximate surface area is 205 Å². The van der Waals surface area contributed by atoms with Gasteiger partial charge in [0.1, 0.15) is 42.2 Å². The van der Waals surface area contributed by atoms with E-state index in [1.807, 2.05) is 0 Å². The van der Waals surface area contributed by atoms with Gasteiger partial charge in [0, 0.05) is 5.92 Å². The summed E-state index contributed by atoms with van der Waals surface area (Å²) < 4.78 is 33.3. The minimum Gasteiger partial charge on any atom is -0.504 e. The molecule has 5 rings (SSSR count). The van der Waals surface area contributed by atoms with Crippen molar-refractivity contribution >= 4 is 5.97 Å². The quantitative estimate of drug-likeness (QED) is 0.173. The maximum absolute atomic E-state index is 12.9. The summed E-state index contributed by atoms with van der Waals surface area (Å²) in [5, 5.41) is 60.0. The van der Waals surface area contributed by atoms with E-state index in [-0.39, 0.29) is 17.1 Å². The van der Waals surface area contributed by atoms with Crippen molar-refractivity contribution < 1.29 is 63.9 Å². The first-order chi connectivity index (χ1) is 17.2. The molecule has 13 heteroatoms. The van der Waals surface area contributed by atoms with Crippen LogP contribution in [-0.2, 0) is 23.7 Å². The van der Waals surface area contributed by atoms with Gasteiger partial charge in [0.15, 0.2) is 17.8 Å². The number of phenols is 1. The van der Waals surface area contributed by atoms with E-state index in [1.165, 1.54) is 31.6 Å². The number of carbonyl (C=O) groups excluding carboxylic acids is 1. The number of aliphatic hydroxyl groups excluding tert-OH is 5. The van der Waals surface area contributed by atoms with Crippen LogP contribution < -0.4 is 4.74 Å². The Morgan fingerprint density at radius 1 is 1.11 bits per heavy atom. The summed E-state index contributed by atoms with van der Waals surface area (Å²) in [5.41, 5.74) is -1.08. The van der Waals surface area contributed by atoms with Gasteiger partial charge in [-0.25, -0.2) is 4.79 Å². The van der Waals surface area contributed by atoms with Crippen molar-refractivity contribution in [1.82, 2.24) is 0 Å². The molecule has 13 nitrogen and oxygen atoms in total.